The molecule has 1 unspecified atom stereocenters. The highest BCUT2D eigenvalue weighted by atomic mass is 35.5. The minimum atomic E-state index is -0.0742. The molecule has 0 aliphatic carbocycles. The van der Waals surface area contributed by atoms with Gasteiger partial charge in [0.05, 0.1) is 6.04 Å². The Hall–Kier alpha value is -1.06. The molecule has 1 atom stereocenters. The van der Waals surface area contributed by atoms with Crippen molar-refractivity contribution in [1.82, 2.24) is 10.6 Å². The predicted octanol–water partition coefficient (Wildman–Crippen LogP) is 0.869. The van der Waals surface area contributed by atoms with E-state index in [4.69, 9.17) is 0 Å². The zero-order valence-electron chi connectivity index (χ0n) is 8.62. The van der Waals surface area contributed by atoms with E-state index in [1.54, 1.807) is 7.05 Å². The van der Waals surface area contributed by atoms with Gasteiger partial charge in [-0.05, 0) is 17.5 Å². The molecule has 4 heteroatoms. The maximum atomic E-state index is 11.4. The first-order valence-electron chi connectivity index (χ1n) is 4.83. The molecule has 0 spiro atoms. The minimum absolute atomic E-state index is 0. The van der Waals surface area contributed by atoms with E-state index in [1.165, 1.54) is 11.1 Å². The van der Waals surface area contributed by atoms with Crippen molar-refractivity contribution < 1.29 is 4.79 Å². The quantitative estimate of drug-likeness (QED) is 0.746. The summed E-state index contributed by atoms with van der Waals surface area (Å²) < 4.78 is 0. The third-order valence-electron chi connectivity index (χ3n) is 2.64. The van der Waals surface area contributed by atoms with Gasteiger partial charge in [-0.1, -0.05) is 24.3 Å². The standard InChI is InChI=1S/C11H14N2O.ClH/c1-12-11(14)10-6-8-4-2-3-5-9(8)7-13-10;/h2-5,10,13H,6-7H2,1H3,(H,12,14);1H. The minimum Gasteiger partial charge on any atom is -0.358 e. The van der Waals surface area contributed by atoms with E-state index in [0.717, 1.165) is 13.0 Å². The predicted molar refractivity (Wildman–Crippen MR) is 62.1 cm³/mol. The lowest BCUT2D eigenvalue weighted by atomic mass is 9.95. The summed E-state index contributed by atoms with van der Waals surface area (Å²) in [5, 5.41) is 5.88. The third-order valence-corrected chi connectivity index (χ3v) is 2.64. The van der Waals surface area contributed by atoms with Crippen molar-refractivity contribution >= 4 is 18.3 Å². The smallest absolute Gasteiger partial charge is 0.237 e. The highest BCUT2D eigenvalue weighted by Crippen LogP contribution is 2.15. The zero-order valence-corrected chi connectivity index (χ0v) is 9.43. The summed E-state index contributed by atoms with van der Waals surface area (Å²) in [6.07, 6.45) is 0.788. The Bertz CT molecular complexity index is 354. The van der Waals surface area contributed by atoms with E-state index in [0.29, 0.717) is 0 Å². The van der Waals surface area contributed by atoms with Crippen LogP contribution in [0.15, 0.2) is 24.3 Å². The van der Waals surface area contributed by atoms with Gasteiger partial charge in [0.2, 0.25) is 5.91 Å². The molecule has 1 aromatic carbocycles. The summed E-state index contributed by atoms with van der Waals surface area (Å²) in [7, 11) is 1.67. The second kappa shape index (κ2) is 5.14. The van der Waals surface area contributed by atoms with Crippen molar-refractivity contribution in [2.45, 2.75) is 19.0 Å². The molecular formula is C11H15ClN2O. The normalized spacial score (nSPS) is 18.6. The van der Waals surface area contributed by atoms with E-state index in [-0.39, 0.29) is 24.4 Å². The van der Waals surface area contributed by atoms with Crippen molar-refractivity contribution in [3.05, 3.63) is 35.4 Å². The Kier molecular flexibility index (Phi) is 4.12. The number of halogens is 1. The number of rotatable bonds is 1. The van der Waals surface area contributed by atoms with Crippen molar-refractivity contribution in [1.29, 1.82) is 0 Å². The molecule has 1 heterocycles. The van der Waals surface area contributed by atoms with Crippen LogP contribution in [0.4, 0.5) is 0 Å². The topological polar surface area (TPSA) is 41.1 Å². The maximum Gasteiger partial charge on any atom is 0.237 e. The van der Waals surface area contributed by atoms with Gasteiger partial charge in [0.1, 0.15) is 0 Å². The molecule has 0 aromatic heterocycles. The largest absolute Gasteiger partial charge is 0.358 e. The number of nitrogens with one attached hydrogen (secondary N) is 2. The molecule has 1 aromatic rings. The Morgan fingerprint density at radius 3 is 2.73 bits per heavy atom. The van der Waals surface area contributed by atoms with Gasteiger partial charge in [-0.2, -0.15) is 0 Å². The van der Waals surface area contributed by atoms with Gasteiger partial charge in [-0.15, -0.1) is 12.4 Å². The van der Waals surface area contributed by atoms with Crippen molar-refractivity contribution in [3.8, 4) is 0 Å². The van der Waals surface area contributed by atoms with Crippen LogP contribution in [0.1, 0.15) is 11.1 Å². The fourth-order valence-electron chi connectivity index (χ4n) is 1.81. The van der Waals surface area contributed by atoms with Crippen LogP contribution < -0.4 is 10.6 Å². The van der Waals surface area contributed by atoms with Gasteiger partial charge in [0, 0.05) is 13.6 Å². The van der Waals surface area contributed by atoms with Crippen molar-refractivity contribution in [2.75, 3.05) is 7.05 Å². The van der Waals surface area contributed by atoms with Crippen LogP contribution in [0.2, 0.25) is 0 Å². The fourth-order valence-corrected chi connectivity index (χ4v) is 1.81. The summed E-state index contributed by atoms with van der Waals surface area (Å²) in [6.45, 7) is 0.786. The van der Waals surface area contributed by atoms with Crippen LogP contribution in [0, 0.1) is 0 Å². The van der Waals surface area contributed by atoms with Crippen LogP contribution in [0.5, 0.6) is 0 Å². The summed E-state index contributed by atoms with van der Waals surface area (Å²) >= 11 is 0. The number of benzene rings is 1. The molecule has 0 bridgehead atoms. The van der Waals surface area contributed by atoms with E-state index in [2.05, 4.69) is 22.8 Å². The van der Waals surface area contributed by atoms with Crippen LogP contribution in [0.25, 0.3) is 0 Å². The number of carbonyl (C=O) groups is 1. The maximum absolute atomic E-state index is 11.4. The molecule has 15 heavy (non-hydrogen) atoms. The lowest BCUT2D eigenvalue weighted by Gasteiger charge is -2.24. The van der Waals surface area contributed by atoms with E-state index in [9.17, 15) is 4.79 Å². The van der Waals surface area contributed by atoms with E-state index >= 15 is 0 Å². The molecule has 2 rings (SSSR count). The Morgan fingerprint density at radius 2 is 2.07 bits per heavy atom. The highest BCUT2D eigenvalue weighted by Gasteiger charge is 2.22. The first-order valence-corrected chi connectivity index (χ1v) is 4.83. The van der Waals surface area contributed by atoms with Crippen LogP contribution in [-0.2, 0) is 17.8 Å². The molecular weight excluding hydrogens is 212 g/mol. The van der Waals surface area contributed by atoms with Gasteiger partial charge in [0.15, 0.2) is 0 Å². The van der Waals surface area contributed by atoms with Crippen molar-refractivity contribution in [3.63, 3.8) is 0 Å². The Labute approximate surface area is 95.7 Å². The Morgan fingerprint density at radius 1 is 1.40 bits per heavy atom. The van der Waals surface area contributed by atoms with Gasteiger partial charge < -0.3 is 10.6 Å². The SMILES string of the molecule is CNC(=O)C1Cc2ccccc2CN1.Cl. The second-order valence-electron chi connectivity index (χ2n) is 3.52. The molecule has 1 aliphatic rings. The van der Waals surface area contributed by atoms with E-state index in [1.807, 2.05) is 12.1 Å². The van der Waals surface area contributed by atoms with Crippen LogP contribution in [-0.4, -0.2) is 19.0 Å². The highest BCUT2D eigenvalue weighted by molar-refractivity contribution is 5.85. The number of carbonyl (C=O) groups excluding carboxylic acids is 1. The summed E-state index contributed by atoms with van der Waals surface area (Å²) in [5.74, 6) is 0.0690. The average molecular weight is 227 g/mol. The summed E-state index contributed by atoms with van der Waals surface area (Å²) in [6, 6.07) is 8.16. The second-order valence-corrected chi connectivity index (χ2v) is 3.52. The average Bonchev–Trinajstić information content (AvgIpc) is 2.27. The summed E-state index contributed by atoms with van der Waals surface area (Å²) in [4.78, 5) is 11.4. The number of fused-ring (bicyclic) bond motifs is 1. The lowest BCUT2D eigenvalue weighted by molar-refractivity contribution is -0.122. The molecule has 1 amide bonds. The monoisotopic (exact) mass is 226 g/mol. The first kappa shape index (κ1) is 12.0. The molecule has 0 fully saturated rings. The Balaban J connectivity index is 0.00000112. The zero-order chi connectivity index (χ0) is 9.97. The molecule has 0 saturated carbocycles. The third kappa shape index (κ3) is 2.49. The van der Waals surface area contributed by atoms with Crippen LogP contribution in [0.3, 0.4) is 0 Å². The number of likely N-dealkylation sites (N-methyl/N-ethyl adjacent to an activating group) is 1. The lowest BCUT2D eigenvalue weighted by Crippen LogP contribution is -2.46. The van der Waals surface area contributed by atoms with E-state index < -0.39 is 0 Å². The number of amides is 1. The fraction of sp³-hybridized carbons (Fsp3) is 0.364. The molecule has 2 N–H and O–H groups in total. The van der Waals surface area contributed by atoms with Gasteiger partial charge in [0.25, 0.3) is 0 Å². The molecule has 1 aliphatic heterocycles. The first-order chi connectivity index (χ1) is 6.81. The van der Waals surface area contributed by atoms with Gasteiger partial charge in [-0.25, -0.2) is 0 Å². The molecule has 0 saturated heterocycles. The number of hydrogen-bond donors (Lipinski definition) is 2. The van der Waals surface area contributed by atoms with Crippen LogP contribution >= 0.6 is 12.4 Å². The summed E-state index contributed by atoms with van der Waals surface area (Å²) in [5.41, 5.74) is 2.58. The molecule has 3 nitrogen and oxygen atoms in total. The number of hydrogen-bond acceptors (Lipinski definition) is 2. The molecule has 0 radical (unpaired) electrons. The molecule has 82 valence electrons. The van der Waals surface area contributed by atoms with Gasteiger partial charge in [-0.3, -0.25) is 4.79 Å². The van der Waals surface area contributed by atoms with Crippen molar-refractivity contribution in [2.24, 2.45) is 0 Å². The van der Waals surface area contributed by atoms with Gasteiger partial charge >= 0.3 is 0 Å².